The van der Waals surface area contributed by atoms with Crippen molar-refractivity contribution in [2.45, 2.75) is 33.0 Å². The van der Waals surface area contributed by atoms with E-state index in [0.717, 1.165) is 0 Å². The van der Waals surface area contributed by atoms with Crippen LogP contribution in [0.3, 0.4) is 0 Å². The minimum Gasteiger partial charge on any atom is -0.493 e. The van der Waals surface area contributed by atoms with E-state index >= 15 is 0 Å². The fourth-order valence-electron chi connectivity index (χ4n) is 3.70. The number of piperazine rings is 1. The zero-order chi connectivity index (χ0) is 20.3. The fraction of sp³-hybridized carbons (Fsp3) is 0.632. The molecule has 0 radical (unpaired) electrons. The summed E-state index contributed by atoms with van der Waals surface area (Å²) in [6.07, 6.45) is -0.257. The monoisotopic (exact) mass is 411 g/mol. The number of carbonyl (C=O) groups is 1. The van der Waals surface area contributed by atoms with Crippen LogP contribution in [0.1, 0.15) is 31.1 Å². The highest BCUT2D eigenvalue weighted by molar-refractivity contribution is 7.86. The molecular formula is C19H29N3O5S. The number of morpholine rings is 1. The largest absolute Gasteiger partial charge is 0.493 e. The van der Waals surface area contributed by atoms with Crippen LogP contribution in [0.4, 0.5) is 0 Å². The summed E-state index contributed by atoms with van der Waals surface area (Å²) in [7, 11) is -3.56. The van der Waals surface area contributed by atoms with Gasteiger partial charge in [0.1, 0.15) is 5.75 Å². The van der Waals surface area contributed by atoms with E-state index < -0.39 is 10.2 Å². The number of hydrogen-bond acceptors (Lipinski definition) is 5. The first-order valence-corrected chi connectivity index (χ1v) is 11.1. The molecule has 2 atom stereocenters. The maximum absolute atomic E-state index is 13.0. The Labute approximate surface area is 167 Å². The Hall–Kier alpha value is -1.68. The second kappa shape index (κ2) is 8.77. The molecule has 0 N–H and O–H groups in total. The molecule has 2 fully saturated rings. The Kier molecular flexibility index (Phi) is 6.59. The van der Waals surface area contributed by atoms with Crippen LogP contribution in [0.15, 0.2) is 24.3 Å². The average molecular weight is 412 g/mol. The van der Waals surface area contributed by atoms with Gasteiger partial charge in [-0.3, -0.25) is 4.79 Å². The normalized spacial score (nSPS) is 24.9. The van der Waals surface area contributed by atoms with E-state index in [4.69, 9.17) is 9.47 Å². The van der Waals surface area contributed by atoms with Crippen LogP contribution in [0.5, 0.6) is 5.75 Å². The molecule has 1 aromatic rings. The number of ether oxygens (including phenoxy) is 2. The van der Waals surface area contributed by atoms with Crippen molar-refractivity contribution in [3.63, 3.8) is 0 Å². The zero-order valence-corrected chi connectivity index (χ0v) is 17.5. The van der Waals surface area contributed by atoms with Crippen LogP contribution in [-0.2, 0) is 14.9 Å². The van der Waals surface area contributed by atoms with E-state index in [1.807, 2.05) is 26.8 Å². The van der Waals surface area contributed by atoms with Crippen LogP contribution < -0.4 is 4.74 Å². The molecule has 0 aliphatic carbocycles. The minimum atomic E-state index is -3.56. The Morgan fingerprint density at radius 1 is 1.07 bits per heavy atom. The zero-order valence-electron chi connectivity index (χ0n) is 16.7. The highest BCUT2D eigenvalue weighted by Gasteiger charge is 2.37. The lowest BCUT2D eigenvalue weighted by molar-refractivity contribution is -0.0457. The smallest absolute Gasteiger partial charge is 0.282 e. The molecule has 1 amide bonds. The molecule has 2 aliphatic heterocycles. The molecule has 0 bridgehead atoms. The molecule has 1 aromatic carbocycles. The van der Waals surface area contributed by atoms with Crippen molar-refractivity contribution in [2.75, 3.05) is 45.9 Å². The molecule has 28 heavy (non-hydrogen) atoms. The van der Waals surface area contributed by atoms with Gasteiger partial charge in [-0.15, -0.1) is 0 Å². The molecule has 2 heterocycles. The molecule has 3 rings (SSSR count). The van der Waals surface area contributed by atoms with E-state index in [2.05, 4.69) is 0 Å². The summed E-state index contributed by atoms with van der Waals surface area (Å²) in [5.74, 6) is 0.427. The quantitative estimate of drug-likeness (QED) is 0.727. The maximum atomic E-state index is 13.0. The van der Waals surface area contributed by atoms with Crippen LogP contribution >= 0.6 is 0 Å². The lowest BCUT2D eigenvalue weighted by Gasteiger charge is -2.40. The van der Waals surface area contributed by atoms with Gasteiger partial charge in [0.25, 0.3) is 16.1 Å². The predicted molar refractivity (Wildman–Crippen MR) is 106 cm³/mol. The second-order valence-corrected chi connectivity index (χ2v) is 9.13. The van der Waals surface area contributed by atoms with Crippen molar-refractivity contribution in [3.05, 3.63) is 29.8 Å². The molecule has 0 aromatic heterocycles. The number of benzene rings is 1. The summed E-state index contributed by atoms with van der Waals surface area (Å²) < 4.78 is 40.1. The van der Waals surface area contributed by atoms with Crippen molar-refractivity contribution in [2.24, 2.45) is 0 Å². The van der Waals surface area contributed by atoms with Gasteiger partial charge in [-0.05, 0) is 32.9 Å². The van der Waals surface area contributed by atoms with Gasteiger partial charge >= 0.3 is 0 Å². The second-order valence-electron chi connectivity index (χ2n) is 7.20. The van der Waals surface area contributed by atoms with E-state index in [0.29, 0.717) is 44.1 Å². The van der Waals surface area contributed by atoms with Crippen LogP contribution in [0.25, 0.3) is 0 Å². The first-order valence-electron chi connectivity index (χ1n) is 9.74. The van der Waals surface area contributed by atoms with Crippen molar-refractivity contribution >= 4 is 16.1 Å². The highest BCUT2D eigenvalue weighted by atomic mass is 32.2. The molecule has 2 aliphatic rings. The Bertz CT molecular complexity index is 783. The van der Waals surface area contributed by atoms with Crippen molar-refractivity contribution in [1.29, 1.82) is 0 Å². The van der Waals surface area contributed by atoms with Gasteiger partial charge in [-0.2, -0.15) is 17.0 Å². The van der Waals surface area contributed by atoms with Gasteiger partial charge in [-0.25, -0.2) is 0 Å². The topological polar surface area (TPSA) is 79.4 Å². The lowest BCUT2D eigenvalue weighted by atomic mass is 10.1. The van der Waals surface area contributed by atoms with Gasteiger partial charge in [0.15, 0.2) is 0 Å². The standard InChI is InChI=1S/C19H29N3O5S/c1-4-26-18-8-6-5-7-17(18)19(23)20-9-11-21(12-10-20)28(24,25)22-13-15(2)27-16(3)14-22/h5-8,15-16H,4,9-14H2,1-3H3. The Morgan fingerprint density at radius 2 is 1.68 bits per heavy atom. The maximum Gasteiger partial charge on any atom is 0.282 e. The molecule has 0 spiro atoms. The molecule has 9 heteroatoms. The summed E-state index contributed by atoms with van der Waals surface area (Å²) >= 11 is 0. The molecule has 156 valence electrons. The Balaban J connectivity index is 1.65. The highest BCUT2D eigenvalue weighted by Crippen LogP contribution is 2.22. The third-order valence-corrected chi connectivity index (χ3v) is 6.95. The first-order chi connectivity index (χ1) is 13.3. The van der Waals surface area contributed by atoms with Crippen LogP contribution in [0.2, 0.25) is 0 Å². The fourth-order valence-corrected chi connectivity index (χ4v) is 5.45. The third kappa shape index (κ3) is 4.48. The van der Waals surface area contributed by atoms with Crippen LogP contribution in [-0.4, -0.2) is 85.9 Å². The Morgan fingerprint density at radius 3 is 2.29 bits per heavy atom. The van der Waals surface area contributed by atoms with Gasteiger partial charge in [0.05, 0.1) is 24.4 Å². The van der Waals surface area contributed by atoms with Gasteiger partial charge in [-0.1, -0.05) is 12.1 Å². The average Bonchev–Trinajstić information content (AvgIpc) is 2.67. The van der Waals surface area contributed by atoms with E-state index in [1.165, 1.54) is 8.61 Å². The lowest BCUT2D eigenvalue weighted by Crippen LogP contribution is -2.57. The van der Waals surface area contributed by atoms with Crippen molar-refractivity contribution < 1.29 is 22.7 Å². The SMILES string of the molecule is CCOc1ccccc1C(=O)N1CCN(S(=O)(=O)N2CC(C)OC(C)C2)CC1. The first kappa shape index (κ1) is 21.0. The van der Waals surface area contributed by atoms with Gasteiger partial charge < -0.3 is 14.4 Å². The molecular weight excluding hydrogens is 382 g/mol. The summed E-state index contributed by atoms with van der Waals surface area (Å²) in [5, 5.41) is 0. The van der Waals surface area contributed by atoms with Crippen molar-refractivity contribution in [1.82, 2.24) is 13.5 Å². The number of para-hydroxylation sites is 1. The predicted octanol–water partition coefficient (Wildman–Crippen LogP) is 1.20. The van der Waals surface area contributed by atoms with E-state index in [1.54, 1.807) is 23.1 Å². The summed E-state index contributed by atoms with van der Waals surface area (Å²) in [5.41, 5.74) is 0.511. The van der Waals surface area contributed by atoms with E-state index in [9.17, 15) is 13.2 Å². The van der Waals surface area contributed by atoms with Gasteiger partial charge in [0, 0.05) is 39.3 Å². The van der Waals surface area contributed by atoms with Crippen LogP contribution in [0, 0.1) is 0 Å². The molecule has 0 saturated carbocycles. The molecule has 2 unspecified atom stereocenters. The molecule has 2 saturated heterocycles. The third-order valence-electron chi connectivity index (χ3n) is 4.98. The number of amides is 1. The van der Waals surface area contributed by atoms with Gasteiger partial charge in [0.2, 0.25) is 0 Å². The summed E-state index contributed by atoms with van der Waals surface area (Å²) in [4.78, 5) is 14.6. The number of nitrogens with zero attached hydrogens (tertiary/aromatic N) is 3. The van der Waals surface area contributed by atoms with E-state index in [-0.39, 0.29) is 31.2 Å². The molecule has 8 nitrogen and oxygen atoms in total. The number of rotatable bonds is 5. The summed E-state index contributed by atoms with van der Waals surface area (Å²) in [6.45, 7) is 8.10. The number of carbonyl (C=O) groups excluding carboxylic acids is 1. The minimum absolute atomic E-state index is 0.128. The summed E-state index contributed by atoms with van der Waals surface area (Å²) in [6, 6.07) is 7.15. The number of hydrogen-bond donors (Lipinski definition) is 0. The van der Waals surface area contributed by atoms with Crippen molar-refractivity contribution in [3.8, 4) is 5.75 Å².